The molecule has 0 aromatic heterocycles. The summed E-state index contributed by atoms with van der Waals surface area (Å²) >= 11 is 0. The van der Waals surface area contributed by atoms with Gasteiger partial charge in [0.05, 0.1) is 11.1 Å². The number of rotatable bonds is 1. The number of cyclic esters (lactones) is 2. The van der Waals surface area contributed by atoms with Crippen molar-refractivity contribution in [3.8, 4) is 0 Å². The van der Waals surface area contributed by atoms with Gasteiger partial charge >= 0.3 is 11.9 Å². The van der Waals surface area contributed by atoms with Crippen LogP contribution in [0.15, 0.2) is 24.3 Å². The maximum Gasteiger partial charge on any atom is 0.346 e. The van der Waals surface area contributed by atoms with Gasteiger partial charge in [-0.1, -0.05) is 18.2 Å². The summed E-state index contributed by atoms with van der Waals surface area (Å²) < 4.78 is 4.46. The second kappa shape index (κ2) is 3.10. The highest BCUT2D eigenvalue weighted by atomic mass is 16.6. The maximum atomic E-state index is 11.2. The maximum absolute atomic E-state index is 11.2. The lowest BCUT2D eigenvalue weighted by molar-refractivity contribution is 0.0444. The van der Waals surface area contributed by atoms with Gasteiger partial charge in [-0.05, 0) is 24.6 Å². The molecule has 2 rings (SSSR count). The summed E-state index contributed by atoms with van der Waals surface area (Å²) in [5.74, 6) is -1.12. The molecule has 14 heavy (non-hydrogen) atoms. The van der Waals surface area contributed by atoms with Gasteiger partial charge in [0.15, 0.2) is 0 Å². The lowest BCUT2D eigenvalue weighted by Crippen LogP contribution is -1.96. The van der Waals surface area contributed by atoms with Crippen LogP contribution < -0.4 is 0 Å². The molecule has 0 bridgehead atoms. The molecule has 1 heterocycles. The van der Waals surface area contributed by atoms with Gasteiger partial charge < -0.3 is 4.74 Å². The minimum atomic E-state index is -0.559. The number of ether oxygens (including phenoxy) is 1. The number of hydrogen-bond donors (Lipinski definition) is 0. The van der Waals surface area contributed by atoms with Crippen LogP contribution in [-0.2, 0) is 4.74 Å². The second-order valence-electron chi connectivity index (χ2n) is 2.98. The number of allylic oxidation sites excluding steroid dienone is 1. The van der Waals surface area contributed by atoms with Gasteiger partial charge in [-0.3, -0.25) is 0 Å². The molecule has 3 nitrogen and oxygen atoms in total. The van der Waals surface area contributed by atoms with Crippen molar-refractivity contribution >= 4 is 18.0 Å². The fourth-order valence-electron chi connectivity index (χ4n) is 1.40. The summed E-state index contributed by atoms with van der Waals surface area (Å²) in [4.78, 5) is 22.2. The third-order valence-corrected chi connectivity index (χ3v) is 2.03. The zero-order chi connectivity index (χ0) is 10.1. The molecule has 1 aromatic carbocycles. The van der Waals surface area contributed by atoms with Crippen LogP contribution in [0, 0.1) is 0 Å². The quantitative estimate of drug-likeness (QED) is 0.500. The van der Waals surface area contributed by atoms with Crippen molar-refractivity contribution in [2.75, 3.05) is 0 Å². The van der Waals surface area contributed by atoms with Crippen LogP contribution >= 0.6 is 0 Å². The summed E-state index contributed by atoms with van der Waals surface area (Å²) in [6, 6.07) is 5.04. The number of fused-ring (bicyclic) bond motifs is 1. The molecule has 1 aliphatic heterocycles. The van der Waals surface area contributed by atoms with Gasteiger partial charge in [-0.2, -0.15) is 0 Å². The molecule has 0 spiro atoms. The minimum Gasteiger partial charge on any atom is -0.386 e. The smallest absolute Gasteiger partial charge is 0.346 e. The van der Waals surface area contributed by atoms with Gasteiger partial charge in [0, 0.05) is 0 Å². The molecule has 0 unspecified atom stereocenters. The van der Waals surface area contributed by atoms with Crippen LogP contribution in [0.1, 0.15) is 33.2 Å². The first kappa shape index (κ1) is 8.69. The van der Waals surface area contributed by atoms with Gasteiger partial charge in [0.1, 0.15) is 0 Å². The summed E-state index contributed by atoms with van der Waals surface area (Å²) in [5, 5.41) is 0. The summed E-state index contributed by atoms with van der Waals surface area (Å²) in [6.45, 7) is 1.89. The standard InChI is InChI=1S/C11H8O3/c1-2-3-7-4-5-8-9(6-7)11(13)14-10(8)12/h2-6H,1H3/b3-2+. The molecule has 1 aromatic rings. The SMILES string of the molecule is C/C=C/c1ccc2c(c1)C(=O)OC2=O. The summed E-state index contributed by atoms with van der Waals surface area (Å²) in [5.41, 5.74) is 1.59. The van der Waals surface area contributed by atoms with E-state index in [4.69, 9.17) is 0 Å². The number of benzene rings is 1. The lowest BCUT2D eigenvalue weighted by atomic mass is 10.1. The molecule has 70 valence electrons. The number of hydrogen-bond acceptors (Lipinski definition) is 3. The monoisotopic (exact) mass is 188 g/mol. The highest BCUT2D eigenvalue weighted by Crippen LogP contribution is 2.21. The van der Waals surface area contributed by atoms with Crippen LogP contribution in [-0.4, -0.2) is 11.9 Å². The number of carbonyl (C=O) groups is 2. The highest BCUT2D eigenvalue weighted by molar-refractivity contribution is 6.14. The fourth-order valence-corrected chi connectivity index (χ4v) is 1.40. The second-order valence-corrected chi connectivity index (χ2v) is 2.98. The Balaban J connectivity index is 2.55. The van der Waals surface area contributed by atoms with Gasteiger partial charge in [0.25, 0.3) is 0 Å². The Morgan fingerprint density at radius 1 is 1.14 bits per heavy atom. The van der Waals surface area contributed by atoms with Crippen molar-refractivity contribution in [3.63, 3.8) is 0 Å². The van der Waals surface area contributed by atoms with Crippen LogP contribution in [0.25, 0.3) is 6.08 Å². The van der Waals surface area contributed by atoms with Crippen molar-refractivity contribution in [2.45, 2.75) is 6.92 Å². The molecule has 0 fully saturated rings. The summed E-state index contributed by atoms with van der Waals surface area (Å²) in [7, 11) is 0. The molecule has 0 N–H and O–H groups in total. The Morgan fingerprint density at radius 3 is 2.57 bits per heavy atom. The van der Waals surface area contributed by atoms with Crippen LogP contribution in [0.2, 0.25) is 0 Å². The fraction of sp³-hybridized carbons (Fsp3) is 0.0909. The Hall–Kier alpha value is -1.90. The third-order valence-electron chi connectivity index (χ3n) is 2.03. The van der Waals surface area contributed by atoms with E-state index in [0.29, 0.717) is 11.1 Å². The molecule has 3 heteroatoms. The predicted molar refractivity (Wildman–Crippen MR) is 50.9 cm³/mol. The molecule has 0 aliphatic carbocycles. The Bertz CT molecular complexity index is 444. The van der Waals surface area contributed by atoms with E-state index in [9.17, 15) is 9.59 Å². The third kappa shape index (κ3) is 1.23. The lowest BCUT2D eigenvalue weighted by Gasteiger charge is -1.94. The van der Waals surface area contributed by atoms with E-state index in [1.54, 1.807) is 18.2 Å². The van der Waals surface area contributed by atoms with Crippen molar-refractivity contribution < 1.29 is 14.3 Å². The molecule has 0 radical (unpaired) electrons. The Kier molecular flexibility index (Phi) is 1.93. The average molecular weight is 188 g/mol. The molecule has 0 saturated carbocycles. The summed E-state index contributed by atoms with van der Waals surface area (Å²) in [6.07, 6.45) is 3.72. The van der Waals surface area contributed by atoms with Crippen molar-refractivity contribution in [1.82, 2.24) is 0 Å². The van der Waals surface area contributed by atoms with Crippen molar-refractivity contribution in [3.05, 3.63) is 41.0 Å². The average Bonchev–Trinajstić information content (AvgIpc) is 2.43. The number of carbonyl (C=O) groups excluding carboxylic acids is 2. The predicted octanol–water partition coefficient (Wildman–Crippen LogP) is 2.03. The zero-order valence-corrected chi connectivity index (χ0v) is 7.61. The molecule has 0 amide bonds. The van der Waals surface area contributed by atoms with E-state index in [0.717, 1.165) is 5.56 Å². The molecule has 0 atom stereocenters. The number of esters is 2. The van der Waals surface area contributed by atoms with Crippen LogP contribution in [0.5, 0.6) is 0 Å². The Morgan fingerprint density at radius 2 is 1.86 bits per heavy atom. The van der Waals surface area contributed by atoms with E-state index in [1.165, 1.54) is 0 Å². The van der Waals surface area contributed by atoms with Crippen LogP contribution in [0.4, 0.5) is 0 Å². The largest absolute Gasteiger partial charge is 0.386 e. The zero-order valence-electron chi connectivity index (χ0n) is 7.61. The van der Waals surface area contributed by atoms with E-state index in [2.05, 4.69) is 4.74 Å². The van der Waals surface area contributed by atoms with Gasteiger partial charge in [0.2, 0.25) is 0 Å². The van der Waals surface area contributed by atoms with Crippen LogP contribution in [0.3, 0.4) is 0 Å². The molecular weight excluding hydrogens is 180 g/mol. The first-order valence-electron chi connectivity index (χ1n) is 4.25. The normalized spacial score (nSPS) is 14.6. The first-order chi connectivity index (χ1) is 6.72. The molecular formula is C11H8O3. The van der Waals surface area contributed by atoms with E-state index in [1.807, 2.05) is 19.1 Å². The first-order valence-corrected chi connectivity index (χ1v) is 4.25. The van der Waals surface area contributed by atoms with Crippen molar-refractivity contribution in [2.24, 2.45) is 0 Å². The van der Waals surface area contributed by atoms with E-state index < -0.39 is 11.9 Å². The minimum absolute atomic E-state index is 0.350. The van der Waals surface area contributed by atoms with Gasteiger partial charge in [-0.15, -0.1) is 0 Å². The van der Waals surface area contributed by atoms with E-state index >= 15 is 0 Å². The highest BCUT2D eigenvalue weighted by Gasteiger charge is 2.29. The van der Waals surface area contributed by atoms with E-state index in [-0.39, 0.29) is 0 Å². The molecule has 1 aliphatic rings. The van der Waals surface area contributed by atoms with Crippen molar-refractivity contribution in [1.29, 1.82) is 0 Å². The Labute approximate surface area is 81.0 Å². The molecule has 0 saturated heterocycles. The van der Waals surface area contributed by atoms with Gasteiger partial charge in [-0.25, -0.2) is 9.59 Å². The topological polar surface area (TPSA) is 43.4 Å².